The van der Waals surface area contributed by atoms with E-state index in [4.69, 9.17) is 4.74 Å². The summed E-state index contributed by atoms with van der Waals surface area (Å²) in [5.74, 6) is -0.685. The fourth-order valence-electron chi connectivity index (χ4n) is 2.12. The summed E-state index contributed by atoms with van der Waals surface area (Å²) in [4.78, 5) is 36.9. The van der Waals surface area contributed by atoms with Crippen molar-refractivity contribution in [3.63, 3.8) is 0 Å². The van der Waals surface area contributed by atoms with Crippen LogP contribution < -0.4 is 5.43 Å². The maximum Gasteiger partial charge on any atom is 0.433 e. The van der Waals surface area contributed by atoms with Crippen molar-refractivity contribution in [2.24, 2.45) is 0 Å². The third-order valence-electron chi connectivity index (χ3n) is 2.90. The molecule has 1 saturated heterocycles. The number of hydrazine groups is 1. The minimum absolute atomic E-state index is 0.0121. The smallest absolute Gasteiger partial charge is 0.433 e. The number of rotatable bonds is 2. The number of nitrogens with one attached hydrogen (secondary N) is 1. The average Bonchev–Trinajstić information content (AvgIpc) is 2.87. The lowest BCUT2D eigenvalue weighted by Crippen LogP contribution is -2.56. The lowest BCUT2D eigenvalue weighted by Gasteiger charge is -2.33. The molecule has 2 aliphatic rings. The summed E-state index contributed by atoms with van der Waals surface area (Å²) in [7, 11) is 1.22. The number of allylic oxidation sites excluding steroid dienone is 1. The van der Waals surface area contributed by atoms with Gasteiger partial charge < -0.3 is 9.47 Å². The van der Waals surface area contributed by atoms with Gasteiger partial charge in [0.15, 0.2) is 5.70 Å². The molecule has 3 amide bonds. The van der Waals surface area contributed by atoms with Gasteiger partial charge in [0.2, 0.25) is 0 Å². The van der Waals surface area contributed by atoms with Gasteiger partial charge in [-0.25, -0.2) is 19.8 Å². The molecule has 19 heavy (non-hydrogen) atoms. The van der Waals surface area contributed by atoms with Crippen LogP contribution in [0.5, 0.6) is 0 Å². The molecule has 0 spiro atoms. The van der Waals surface area contributed by atoms with Crippen LogP contribution in [-0.2, 0) is 14.3 Å². The first-order chi connectivity index (χ1) is 9.10. The number of hydrogen-bond donors (Lipinski definition) is 1. The molecule has 104 valence electrons. The number of nitrogens with zero attached hydrogens (tertiary/aromatic N) is 2. The van der Waals surface area contributed by atoms with Gasteiger partial charge in [0.25, 0.3) is 0 Å². The highest BCUT2D eigenvalue weighted by Gasteiger charge is 2.41. The predicted octanol–water partition coefficient (Wildman–Crippen LogP) is 0.563. The standard InChI is InChI=1S/C11H15N3O5/c1-3-19-11(17)14-8(9(15)18-2)7-5-4-6-13(7)10(16)12-14/h3-6H2,1-2H3,(H,12,16). The minimum Gasteiger partial charge on any atom is -0.464 e. The van der Waals surface area contributed by atoms with E-state index in [1.54, 1.807) is 6.92 Å². The average molecular weight is 269 g/mol. The normalized spacial score (nSPS) is 18.1. The van der Waals surface area contributed by atoms with Crippen LogP contribution >= 0.6 is 0 Å². The SMILES string of the molecule is CCOC(=O)N1NC(=O)N2CCCC2=C1C(=O)OC. The number of methoxy groups -OCH3 is 1. The van der Waals surface area contributed by atoms with Crippen molar-refractivity contribution in [3.8, 4) is 0 Å². The molecule has 2 aliphatic heterocycles. The van der Waals surface area contributed by atoms with Gasteiger partial charge in [0.1, 0.15) is 0 Å². The second kappa shape index (κ2) is 5.17. The molecule has 2 rings (SSSR count). The Labute approximate surface area is 109 Å². The summed E-state index contributed by atoms with van der Waals surface area (Å²) in [5.41, 5.74) is 2.83. The molecule has 0 aromatic heterocycles. The van der Waals surface area contributed by atoms with Crippen LogP contribution in [0.1, 0.15) is 19.8 Å². The Bertz CT molecular complexity index is 459. The minimum atomic E-state index is -0.810. The van der Waals surface area contributed by atoms with Crippen molar-refractivity contribution in [2.75, 3.05) is 20.3 Å². The van der Waals surface area contributed by atoms with Crippen molar-refractivity contribution in [3.05, 3.63) is 11.4 Å². The zero-order valence-electron chi connectivity index (χ0n) is 10.8. The summed E-state index contributed by atoms with van der Waals surface area (Å²) in [6, 6.07) is -0.451. The van der Waals surface area contributed by atoms with E-state index >= 15 is 0 Å². The van der Waals surface area contributed by atoms with Crippen LogP contribution in [-0.4, -0.2) is 48.3 Å². The first-order valence-electron chi connectivity index (χ1n) is 5.96. The van der Waals surface area contributed by atoms with Crippen LogP contribution in [0, 0.1) is 0 Å². The molecule has 0 aromatic rings. The zero-order chi connectivity index (χ0) is 14.0. The van der Waals surface area contributed by atoms with Gasteiger partial charge in [-0.2, -0.15) is 5.01 Å². The van der Waals surface area contributed by atoms with E-state index in [0.29, 0.717) is 18.7 Å². The Balaban J connectivity index is 2.41. The molecule has 0 atom stereocenters. The zero-order valence-corrected chi connectivity index (χ0v) is 10.8. The molecule has 0 bridgehead atoms. The van der Waals surface area contributed by atoms with Crippen molar-refractivity contribution < 1.29 is 23.9 Å². The van der Waals surface area contributed by atoms with E-state index in [9.17, 15) is 14.4 Å². The monoisotopic (exact) mass is 269 g/mol. The summed E-state index contributed by atoms with van der Waals surface area (Å²) >= 11 is 0. The van der Waals surface area contributed by atoms with E-state index in [-0.39, 0.29) is 12.3 Å². The van der Waals surface area contributed by atoms with E-state index < -0.39 is 18.1 Å². The van der Waals surface area contributed by atoms with Crippen LogP contribution in [0.4, 0.5) is 9.59 Å². The maximum atomic E-state index is 11.8. The predicted molar refractivity (Wildman–Crippen MR) is 62.4 cm³/mol. The van der Waals surface area contributed by atoms with Crippen LogP contribution in [0.15, 0.2) is 11.4 Å². The summed E-state index contributed by atoms with van der Waals surface area (Å²) in [6.07, 6.45) is 0.462. The largest absolute Gasteiger partial charge is 0.464 e. The van der Waals surface area contributed by atoms with Gasteiger partial charge in [-0.1, -0.05) is 0 Å². The number of amides is 3. The topological polar surface area (TPSA) is 88.2 Å². The molecule has 0 saturated carbocycles. The number of urea groups is 1. The molecular formula is C11H15N3O5. The second-order valence-corrected chi connectivity index (χ2v) is 3.99. The highest BCUT2D eigenvalue weighted by Crippen LogP contribution is 2.29. The summed E-state index contributed by atoms with van der Waals surface area (Å²) in [6.45, 7) is 2.29. The molecule has 0 aromatic carbocycles. The number of ether oxygens (including phenoxy) is 2. The molecule has 0 unspecified atom stereocenters. The lowest BCUT2D eigenvalue weighted by molar-refractivity contribution is -0.138. The van der Waals surface area contributed by atoms with Gasteiger partial charge in [0, 0.05) is 6.54 Å². The third-order valence-corrected chi connectivity index (χ3v) is 2.90. The van der Waals surface area contributed by atoms with E-state index in [0.717, 1.165) is 11.4 Å². The van der Waals surface area contributed by atoms with Gasteiger partial charge in [-0.3, -0.25) is 4.90 Å². The number of hydrogen-bond acceptors (Lipinski definition) is 5. The molecule has 8 heteroatoms. The third kappa shape index (κ3) is 2.20. The number of fused-ring (bicyclic) bond motifs is 1. The summed E-state index contributed by atoms with van der Waals surface area (Å²) < 4.78 is 9.48. The molecule has 0 aliphatic carbocycles. The highest BCUT2D eigenvalue weighted by molar-refractivity contribution is 5.96. The molecule has 8 nitrogen and oxygen atoms in total. The Kier molecular flexibility index (Phi) is 3.59. The molecule has 1 N–H and O–H groups in total. The molecule has 0 radical (unpaired) electrons. The Morgan fingerprint density at radius 2 is 2.16 bits per heavy atom. The fraction of sp³-hybridized carbons (Fsp3) is 0.545. The molecular weight excluding hydrogens is 254 g/mol. The van der Waals surface area contributed by atoms with E-state index in [1.165, 1.54) is 12.0 Å². The van der Waals surface area contributed by atoms with Gasteiger partial charge in [-0.15, -0.1) is 0 Å². The molecule has 2 heterocycles. The summed E-state index contributed by atoms with van der Waals surface area (Å²) in [5, 5.41) is 0.814. The molecule has 1 fully saturated rings. The van der Waals surface area contributed by atoms with Crippen molar-refractivity contribution in [1.29, 1.82) is 0 Å². The lowest BCUT2D eigenvalue weighted by atomic mass is 10.2. The van der Waals surface area contributed by atoms with Crippen LogP contribution in [0.25, 0.3) is 0 Å². The van der Waals surface area contributed by atoms with Gasteiger partial charge in [-0.05, 0) is 19.8 Å². The Hall–Kier alpha value is -2.25. The van der Waals surface area contributed by atoms with E-state index in [1.807, 2.05) is 0 Å². The van der Waals surface area contributed by atoms with Gasteiger partial charge >= 0.3 is 18.1 Å². The fourth-order valence-corrected chi connectivity index (χ4v) is 2.12. The van der Waals surface area contributed by atoms with Crippen molar-refractivity contribution >= 4 is 18.1 Å². The van der Waals surface area contributed by atoms with Crippen molar-refractivity contribution in [1.82, 2.24) is 15.3 Å². The quantitative estimate of drug-likeness (QED) is 0.740. The number of carbonyl (C=O) groups is 3. The van der Waals surface area contributed by atoms with Crippen molar-refractivity contribution in [2.45, 2.75) is 19.8 Å². The van der Waals surface area contributed by atoms with Crippen LogP contribution in [0.2, 0.25) is 0 Å². The van der Waals surface area contributed by atoms with Gasteiger partial charge in [0.05, 0.1) is 19.4 Å². The highest BCUT2D eigenvalue weighted by atomic mass is 16.6. The Morgan fingerprint density at radius 1 is 1.42 bits per heavy atom. The van der Waals surface area contributed by atoms with Crippen LogP contribution in [0.3, 0.4) is 0 Å². The number of esters is 1. The maximum absolute atomic E-state index is 11.8. The first-order valence-corrected chi connectivity index (χ1v) is 5.96. The Morgan fingerprint density at radius 3 is 2.79 bits per heavy atom. The van der Waals surface area contributed by atoms with E-state index in [2.05, 4.69) is 10.2 Å². The second-order valence-electron chi connectivity index (χ2n) is 3.99. The first kappa shape index (κ1) is 13.2. The number of carbonyl (C=O) groups excluding carboxylic acids is 3.